The molecular formula is C8H16ClNO. The van der Waals surface area contributed by atoms with Gasteiger partial charge in [0.15, 0.2) is 0 Å². The molecule has 1 amide bonds. The van der Waals surface area contributed by atoms with E-state index in [2.05, 4.69) is 5.32 Å². The van der Waals surface area contributed by atoms with E-state index in [4.69, 9.17) is 11.6 Å². The molecule has 0 unspecified atom stereocenters. The van der Waals surface area contributed by atoms with Gasteiger partial charge < -0.3 is 5.32 Å². The van der Waals surface area contributed by atoms with Gasteiger partial charge in [-0.05, 0) is 27.2 Å². The monoisotopic (exact) mass is 177 g/mol. The third-order valence-electron chi connectivity index (χ3n) is 1.05. The first kappa shape index (κ1) is 10.8. The van der Waals surface area contributed by atoms with E-state index in [1.165, 1.54) is 0 Å². The Bertz CT molecular complexity index is 129. The van der Waals surface area contributed by atoms with Crippen LogP contribution in [0.5, 0.6) is 0 Å². The zero-order valence-corrected chi connectivity index (χ0v) is 8.16. The van der Waals surface area contributed by atoms with Crippen molar-refractivity contribution in [2.24, 2.45) is 0 Å². The van der Waals surface area contributed by atoms with E-state index in [1.807, 2.05) is 20.8 Å². The standard InChI is InChI=1S/C8H16ClNO/c1-8(2,3)10-7(11)5-4-6-9/h4-6H2,1-3H3,(H,10,11). The zero-order valence-electron chi connectivity index (χ0n) is 7.41. The lowest BCUT2D eigenvalue weighted by atomic mass is 10.1. The minimum atomic E-state index is -0.122. The highest BCUT2D eigenvalue weighted by atomic mass is 35.5. The summed E-state index contributed by atoms with van der Waals surface area (Å²) >= 11 is 5.44. The molecule has 66 valence electrons. The van der Waals surface area contributed by atoms with Crippen molar-refractivity contribution in [2.75, 3.05) is 5.88 Å². The highest BCUT2D eigenvalue weighted by Crippen LogP contribution is 2.00. The molecule has 0 aliphatic carbocycles. The van der Waals surface area contributed by atoms with Crippen LogP contribution < -0.4 is 5.32 Å². The number of hydrogen-bond donors (Lipinski definition) is 1. The largest absolute Gasteiger partial charge is 0.352 e. The van der Waals surface area contributed by atoms with Crippen molar-refractivity contribution in [2.45, 2.75) is 39.2 Å². The molecule has 0 saturated heterocycles. The molecule has 0 rings (SSSR count). The molecule has 0 heterocycles. The summed E-state index contributed by atoms with van der Waals surface area (Å²) in [7, 11) is 0. The summed E-state index contributed by atoms with van der Waals surface area (Å²) in [4.78, 5) is 11.0. The number of amides is 1. The number of alkyl halides is 1. The Labute approximate surface area is 73.3 Å². The maximum absolute atomic E-state index is 11.0. The smallest absolute Gasteiger partial charge is 0.220 e. The summed E-state index contributed by atoms with van der Waals surface area (Å²) in [6.45, 7) is 5.89. The Balaban J connectivity index is 3.53. The van der Waals surface area contributed by atoms with Gasteiger partial charge in [-0.15, -0.1) is 11.6 Å². The molecule has 11 heavy (non-hydrogen) atoms. The third-order valence-corrected chi connectivity index (χ3v) is 1.32. The van der Waals surface area contributed by atoms with E-state index in [0.717, 1.165) is 6.42 Å². The van der Waals surface area contributed by atoms with Crippen molar-refractivity contribution in [1.82, 2.24) is 5.32 Å². The topological polar surface area (TPSA) is 29.1 Å². The summed E-state index contributed by atoms with van der Waals surface area (Å²) in [5.74, 6) is 0.635. The number of carbonyl (C=O) groups is 1. The van der Waals surface area contributed by atoms with Crippen molar-refractivity contribution in [3.63, 3.8) is 0 Å². The Morgan fingerprint density at radius 3 is 2.36 bits per heavy atom. The summed E-state index contributed by atoms with van der Waals surface area (Å²) < 4.78 is 0. The van der Waals surface area contributed by atoms with Gasteiger partial charge in [0, 0.05) is 17.8 Å². The maximum Gasteiger partial charge on any atom is 0.220 e. The second-order valence-corrected chi connectivity index (χ2v) is 3.97. The van der Waals surface area contributed by atoms with Gasteiger partial charge in [0.25, 0.3) is 0 Å². The van der Waals surface area contributed by atoms with Crippen molar-refractivity contribution in [1.29, 1.82) is 0 Å². The van der Waals surface area contributed by atoms with Crippen LogP contribution in [0, 0.1) is 0 Å². The second-order valence-electron chi connectivity index (χ2n) is 3.59. The summed E-state index contributed by atoms with van der Waals surface area (Å²) in [5, 5.41) is 2.86. The molecule has 0 aromatic heterocycles. The van der Waals surface area contributed by atoms with Crippen LogP contribution in [0.2, 0.25) is 0 Å². The van der Waals surface area contributed by atoms with E-state index >= 15 is 0 Å². The molecule has 0 aromatic rings. The number of halogens is 1. The second kappa shape index (κ2) is 4.60. The first-order valence-corrected chi connectivity index (χ1v) is 4.36. The number of carbonyl (C=O) groups excluding carboxylic acids is 1. The van der Waals surface area contributed by atoms with Crippen molar-refractivity contribution >= 4 is 17.5 Å². The van der Waals surface area contributed by atoms with Gasteiger partial charge in [-0.25, -0.2) is 0 Å². The van der Waals surface area contributed by atoms with Crippen LogP contribution in [-0.4, -0.2) is 17.3 Å². The molecule has 0 bridgehead atoms. The van der Waals surface area contributed by atoms with Gasteiger partial charge in [-0.2, -0.15) is 0 Å². The minimum Gasteiger partial charge on any atom is -0.352 e. The minimum absolute atomic E-state index is 0.0816. The van der Waals surface area contributed by atoms with Crippen LogP contribution in [0.15, 0.2) is 0 Å². The predicted octanol–water partition coefficient (Wildman–Crippen LogP) is 1.92. The average molecular weight is 178 g/mol. The summed E-state index contributed by atoms with van der Waals surface area (Å²) in [6.07, 6.45) is 1.28. The molecule has 0 fully saturated rings. The molecule has 0 spiro atoms. The fourth-order valence-electron chi connectivity index (χ4n) is 0.708. The van der Waals surface area contributed by atoms with Crippen LogP contribution in [0.3, 0.4) is 0 Å². The Morgan fingerprint density at radius 1 is 1.45 bits per heavy atom. The molecule has 2 nitrogen and oxygen atoms in total. The highest BCUT2D eigenvalue weighted by Gasteiger charge is 2.12. The molecule has 0 aromatic carbocycles. The summed E-state index contributed by atoms with van der Waals surface area (Å²) in [5.41, 5.74) is -0.122. The van der Waals surface area contributed by atoms with Crippen LogP contribution in [0.25, 0.3) is 0 Å². The first-order chi connectivity index (χ1) is 4.95. The van der Waals surface area contributed by atoms with E-state index in [9.17, 15) is 4.79 Å². The predicted molar refractivity (Wildman–Crippen MR) is 47.8 cm³/mol. The zero-order chi connectivity index (χ0) is 8.91. The van der Waals surface area contributed by atoms with Gasteiger partial charge >= 0.3 is 0 Å². The quantitative estimate of drug-likeness (QED) is 0.656. The molecule has 0 saturated carbocycles. The van der Waals surface area contributed by atoms with E-state index < -0.39 is 0 Å². The number of nitrogens with one attached hydrogen (secondary N) is 1. The van der Waals surface area contributed by atoms with Gasteiger partial charge in [-0.3, -0.25) is 4.79 Å². The van der Waals surface area contributed by atoms with E-state index in [0.29, 0.717) is 12.3 Å². The van der Waals surface area contributed by atoms with Crippen LogP contribution in [-0.2, 0) is 4.79 Å². The van der Waals surface area contributed by atoms with E-state index in [1.54, 1.807) is 0 Å². The number of hydrogen-bond acceptors (Lipinski definition) is 1. The Kier molecular flexibility index (Phi) is 4.50. The molecule has 0 radical (unpaired) electrons. The maximum atomic E-state index is 11.0. The molecular weight excluding hydrogens is 162 g/mol. The average Bonchev–Trinajstić information content (AvgIpc) is 1.79. The first-order valence-electron chi connectivity index (χ1n) is 3.82. The molecule has 3 heteroatoms. The molecule has 0 aliphatic heterocycles. The lowest BCUT2D eigenvalue weighted by molar-refractivity contribution is -0.122. The molecule has 0 aliphatic rings. The van der Waals surface area contributed by atoms with Crippen LogP contribution in [0.4, 0.5) is 0 Å². The fraction of sp³-hybridized carbons (Fsp3) is 0.875. The lowest BCUT2D eigenvalue weighted by Crippen LogP contribution is -2.40. The fourth-order valence-corrected chi connectivity index (χ4v) is 0.842. The van der Waals surface area contributed by atoms with E-state index in [-0.39, 0.29) is 11.4 Å². The third kappa shape index (κ3) is 7.66. The Hall–Kier alpha value is -0.240. The van der Waals surface area contributed by atoms with Gasteiger partial charge in [-0.1, -0.05) is 0 Å². The van der Waals surface area contributed by atoms with Crippen molar-refractivity contribution in [3.05, 3.63) is 0 Å². The Morgan fingerprint density at radius 2 is 2.00 bits per heavy atom. The summed E-state index contributed by atoms with van der Waals surface area (Å²) in [6, 6.07) is 0. The highest BCUT2D eigenvalue weighted by molar-refractivity contribution is 6.17. The van der Waals surface area contributed by atoms with Crippen molar-refractivity contribution in [3.8, 4) is 0 Å². The van der Waals surface area contributed by atoms with Crippen LogP contribution >= 0.6 is 11.6 Å². The lowest BCUT2D eigenvalue weighted by Gasteiger charge is -2.20. The molecule has 1 N–H and O–H groups in total. The van der Waals surface area contributed by atoms with Gasteiger partial charge in [0.2, 0.25) is 5.91 Å². The number of rotatable bonds is 3. The SMILES string of the molecule is CC(C)(C)NC(=O)CCCCl. The van der Waals surface area contributed by atoms with Crippen molar-refractivity contribution < 1.29 is 4.79 Å². The van der Waals surface area contributed by atoms with Crippen LogP contribution in [0.1, 0.15) is 33.6 Å². The van der Waals surface area contributed by atoms with Gasteiger partial charge in [0.1, 0.15) is 0 Å². The molecule has 0 atom stereocenters. The van der Waals surface area contributed by atoms with Gasteiger partial charge in [0.05, 0.1) is 0 Å². The normalized spacial score (nSPS) is 11.3.